The molecular weight excluding hydrogens is 353 g/mol. The summed E-state index contributed by atoms with van der Waals surface area (Å²) in [4.78, 5) is 0. The first kappa shape index (κ1) is 20.4. The van der Waals surface area contributed by atoms with Gasteiger partial charge in [0.15, 0.2) is 0 Å². The van der Waals surface area contributed by atoms with E-state index in [-0.39, 0.29) is 27.3 Å². The van der Waals surface area contributed by atoms with Crippen LogP contribution in [0.3, 0.4) is 0 Å². The van der Waals surface area contributed by atoms with Crippen molar-refractivity contribution in [2.24, 2.45) is 11.8 Å². The predicted octanol–water partition coefficient (Wildman–Crippen LogP) is 5.37. The molecule has 0 unspecified atom stereocenters. The third-order valence-corrected chi connectivity index (χ3v) is 2.86. The molecule has 0 aliphatic rings. The van der Waals surface area contributed by atoms with Crippen molar-refractivity contribution in [3.05, 3.63) is 71.8 Å². The van der Waals surface area contributed by atoms with Gasteiger partial charge in [-0.15, -0.1) is 0 Å². The fourth-order valence-electron chi connectivity index (χ4n) is 2.06. The third kappa shape index (κ3) is 10.7. The molecule has 108 valence electrons. The molecule has 0 N–H and O–H groups in total. The van der Waals surface area contributed by atoms with Crippen LogP contribution in [0, 0.1) is 24.0 Å². The molecule has 0 aliphatic heterocycles. The van der Waals surface area contributed by atoms with Gasteiger partial charge in [-0.25, -0.2) is 0 Å². The van der Waals surface area contributed by atoms with Crippen molar-refractivity contribution >= 4 is 0 Å². The van der Waals surface area contributed by atoms with Crippen molar-refractivity contribution < 1.29 is 27.3 Å². The first-order chi connectivity index (χ1) is 9.58. The molecule has 2 rings (SSSR count). The van der Waals surface area contributed by atoms with Gasteiger partial charge >= 0.3 is 27.3 Å². The largest absolute Gasteiger partial charge is 2.00 e. The van der Waals surface area contributed by atoms with Crippen molar-refractivity contribution in [3.8, 4) is 0 Å². The molecule has 0 bridgehead atoms. The second kappa shape index (κ2) is 12.0. The number of rotatable bonds is 4. The maximum absolute atomic E-state index is 3.01. The van der Waals surface area contributed by atoms with Gasteiger partial charge in [0.2, 0.25) is 0 Å². The molecule has 0 saturated carbocycles. The van der Waals surface area contributed by atoms with Crippen LogP contribution in [0.15, 0.2) is 48.5 Å². The molecule has 2 aromatic carbocycles. The average Bonchev–Trinajstić information content (AvgIpc) is 2.40. The Balaban J connectivity index is 0.000000364. The van der Waals surface area contributed by atoms with Crippen LogP contribution in [0.4, 0.5) is 0 Å². The van der Waals surface area contributed by atoms with E-state index >= 15 is 0 Å². The van der Waals surface area contributed by atoms with E-state index in [9.17, 15) is 0 Å². The van der Waals surface area contributed by atoms with Crippen LogP contribution in [-0.4, -0.2) is 0 Å². The Kier molecular flexibility index (Phi) is 11.6. The Morgan fingerprint density at radius 2 is 0.952 bits per heavy atom. The van der Waals surface area contributed by atoms with Crippen LogP contribution in [0.1, 0.15) is 38.8 Å². The standard InChI is InChI=1S/2C10H13.Cd/c2*1-9(2)8-10-6-4-3-5-7-10;/h2*4-7,9H,8H2,1-2H3;/q2*-1;+2. The second-order valence-electron chi connectivity index (χ2n) is 6.01. The summed E-state index contributed by atoms with van der Waals surface area (Å²) in [5.41, 5.74) is 2.82. The van der Waals surface area contributed by atoms with Crippen LogP contribution in [0.25, 0.3) is 0 Å². The van der Waals surface area contributed by atoms with E-state index < -0.39 is 0 Å². The number of hydrogen-bond acceptors (Lipinski definition) is 0. The topological polar surface area (TPSA) is 0 Å². The van der Waals surface area contributed by atoms with E-state index in [2.05, 4.69) is 64.1 Å². The van der Waals surface area contributed by atoms with Crippen molar-refractivity contribution in [1.82, 2.24) is 0 Å². The number of hydrogen-bond donors (Lipinski definition) is 0. The van der Waals surface area contributed by atoms with Gasteiger partial charge in [0, 0.05) is 0 Å². The van der Waals surface area contributed by atoms with E-state index in [4.69, 9.17) is 0 Å². The number of benzene rings is 2. The fraction of sp³-hybridized carbons (Fsp3) is 0.400. The van der Waals surface area contributed by atoms with E-state index in [1.165, 1.54) is 24.0 Å². The molecule has 0 aromatic heterocycles. The second-order valence-corrected chi connectivity index (χ2v) is 6.01. The average molecular weight is 379 g/mol. The molecule has 0 spiro atoms. The van der Waals surface area contributed by atoms with Gasteiger partial charge in [-0.05, 0) is 24.7 Å². The van der Waals surface area contributed by atoms with E-state index in [1.807, 2.05) is 24.3 Å². The van der Waals surface area contributed by atoms with Gasteiger partial charge in [-0.3, -0.25) is 0 Å². The van der Waals surface area contributed by atoms with Crippen LogP contribution in [0.2, 0.25) is 0 Å². The molecule has 0 radical (unpaired) electrons. The van der Waals surface area contributed by atoms with E-state index in [0.29, 0.717) is 0 Å². The summed E-state index contributed by atoms with van der Waals surface area (Å²) >= 11 is 0. The van der Waals surface area contributed by atoms with Crippen molar-refractivity contribution in [2.75, 3.05) is 0 Å². The Morgan fingerprint density at radius 1 is 0.667 bits per heavy atom. The Bertz CT molecular complexity index is 400. The first-order valence-electron chi connectivity index (χ1n) is 7.48. The van der Waals surface area contributed by atoms with Crippen LogP contribution >= 0.6 is 0 Å². The summed E-state index contributed by atoms with van der Waals surface area (Å²) in [5.74, 6) is 1.50. The first-order valence-corrected chi connectivity index (χ1v) is 7.48. The smallest absolute Gasteiger partial charge is 0.184 e. The summed E-state index contributed by atoms with van der Waals surface area (Å²) in [5, 5.41) is 0. The molecule has 21 heavy (non-hydrogen) atoms. The molecular formula is C20H26Cd. The zero-order chi connectivity index (χ0) is 14.8. The van der Waals surface area contributed by atoms with E-state index in [1.54, 1.807) is 0 Å². The fourth-order valence-corrected chi connectivity index (χ4v) is 2.06. The van der Waals surface area contributed by atoms with Gasteiger partial charge in [0.25, 0.3) is 0 Å². The normalized spacial score (nSPS) is 9.81. The van der Waals surface area contributed by atoms with E-state index in [0.717, 1.165) is 11.8 Å². The molecule has 2 aromatic rings. The molecule has 0 fully saturated rings. The summed E-state index contributed by atoms with van der Waals surface area (Å²) in [7, 11) is 0. The summed E-state index contributed by atoms with van der Waals surface area (Å²) in [6.07, 6.45) is 2.35. The summed E-state index contributed by atoms with van der Waals surface area (Å²) in [6.45, 7) is 8.93. The SMILES string of the molecule is CC(C)Cc1cc[c-]cc1.CC(C)Cc1cc[c-]cc1.[Cd+2]. The minimum absolute atomic E-state index is 0. The van der Waals surface area contributed by atoms with Crippen molar-refractivity contribution in [3.63, 3.8) is 0 Å². The Labute approximate surface area is 151 Å². The molecule has 0 heterocycles. The Hall–Kier alpha value is -0.638. The Morgan fingerprint density at radius 3 is 1.19 bits per heavy atom. The zero-order valence-corrected chi connectivity index (χ0v) is 17.9. The van der Waals surface area contributed by atoms with Crippen LogP contribution < -0.4 is 0 Å². The van der Waals surface area contributed by atoms with Gasteiger partial charge in [-0.1, -0.05) is 27.7 Å². The quantitative estimate of drug-likeness (QED) is 0.495. The van der Waals surface area contributed by atoms with Gasteiger partial charge < -0.3 is 0 Å². The molecule has 0 nitrogen and oxygen atoms in total. The summed E-state index contributed by atoms with van der Waals surface area (Å²) < 4.78 is 0. The molecule has 0 atom stereocenters. The molecule has 1 heteroatoms. The maximum Gasteiger partial charge on any atom is 2.00 e. The molecule has 0 saturated heterocycles. The van der Waals surface area contributed by atoms with Crippen molar-refractivity contribution in [2.45, 2.75) is 40.5 Å². The summed E-state index contributed by atoms with van der Waals surface area (Å²) in [6, 6.07) is 22.4. The molecule has 0 amide bonds. The monoisotopic (exact) mass is 380 g/mol. The zero-order valence-electron chi connectivity index (χ0n) is 13.9. The predicted molar refractivity (Wildman–Crippen MR) is 87.6 cm³/mol. The minimum Gasteiger partial charge on any atom is -0.184 e. The van der Waals surface area contributed by atoms with Crippen LogP contribution in [-0.2, 0) is 40.1 Å². The molecule has 0 aliphatic carbocycles. The van der Waals surface area contributed by atoms with Gasteiger partial charge in [0.1, 0.15) is 0 Å². The van der Waals surface area contributed by atoms with Gasteiger partial charge in [-0.2, -0.15) is 71.8 Å². The third-order valence-electron chi connectivity index (χ3n) is 2.86. The van der Waals surface area contributed by atoms with Gasteiger partial charge in [0.05, 0.1) is 0 Å². The minimum atomic E-state index is 0. The van der Waals surface area contributed by atoms with Crippen LogP contribution in [0.5, 0.6) is 0 Å². The maximum atomic E-state index is 3.01. The van der Waals surface area contributed by atoms with Crippen molar-refractivity contribution in [1.29, 1.82) is 0 Å².